The first-order chi connectivity index (χ1) is 9.97. The van der Waals surface area contributed by atoms with E-state index in [-0.39, 0.29) is 5.69 Å². The van der Waals surface area contributed by atoms with Crippen molar-refractivity contribution in [3.63, 3.8) is 0 Å². The summed E-state index contributed by atoms with van der Waals surface area (Å²) in [6.45, 7) is 3.31. The van der Waals surface area contributed by atoms with Gasteiger partial charge in [-0.1, -0.05) is 12.1 Å². The van der Waals surface area contributed by atoms with Crippen LogP contribution in [0.1, 0.15) is 21.5 Å². The standard InChI is InChI=1S/C15H14FNO3S/c1-9-7-8-13(21-9)15(19)20-10(2)14(18)17-12-6-4-3-5-11(12)16/h3-8,10H,1-2H3,(H,17,18)/t10-/m1/s1. The fourth-order valence-corrected chi connectivity index (χ4v) is 2.36. The molecule has 0 saturated heterocycles. The van der Waals surface area contributed by atoms with Crippen LogP contribution in [0.5, 0.6) is 0 Å². The molecule has 1 N–H and O–H groups in total. The van der Waals surface area contributed by atoms with Crippen molar-refractivity contribution in [2.75, 3.05) is 5.32 Å². The number of carbonyl (C=O) groups excluding carboxylic acids is 2. The largest absolute Gasteiger partial charge is 0.448 e. The highest BCUT2D eigenvalue weighted by Gasteiger charge is 2.20. The molecule has 0 saturated carbocycles. The Hall–Kier alpha value is -2.21. The normalized spacial score (nSPS) is 11.8. The van der Waals surface area contributed by atoms with E-state index in [0.29, 0.717) is 4.88 Å². The van der Waals surface area contributed by atoms with Crippen LogP contribution >= 0.6 is 11.3 Å². The van der Waals surface area contributed by atoms with E-state index in [1.165, 1.54) is 36.5 Å². The SMILES string of the molecule is Cc1ccc(C(=O)O[C@H](C)C(=O)Nc2ccccc2F)s1. The Balaban J connectivity index is 1.97. The number of amides is 1. The lowest BCUT2D eigenvalue weighted by atomic mass is 10.3. The third kappa shape index (κ3) is 3.88. The molecule has 0 radical (unpaired) electrons. The molecule has 1 amide bonds. The van der Waals surface area contributed by atoms with Crippen molar-refractivity contribution in [2.45, 2.75) is 20.0 Å². The van der Waals surface area contributed by atoms with Gasteiger partial charge >= 0.3 is 5.97 Å². The summed E-state index contributed by atoms with van der Waals surface area (Å²) in [5.74, 6) is -1.69. The summed E-state index contributed by atoms with van der Waals surface area (Å²) in [6, 6.07) is 9.23. The number of thiophene rings is 1. The smallest absolute Gasteiger partial charge is 0.349 e. The summed E-state index contributed by atoms with van der Waals surface area (Å²) in [5, 5.41) is 2.38. The third-order valence-corrected chi connectivity index (χ3v) is 3.71. The van der Waals surface area contributed by atoms with Crippen LogP contribution < -0.4 is 5.32 Å². The summed E-state index contributed by atoms with van der Waals surface area (Å²) in [5.41, 5.74) is 0.0531. The van der Waals surface area contributed by atoms with Crippen LogP contribution in [0.25, 0.3) is 0 Å². The Morgan fingerprint density at radius 2 is 1.95 bits per heavy atom. The van der Waals surface area contributed by atoms with Crippen LogP contribution in [0, 0.1) is 12.7 Å². The number of ether oxygens (including phenoxy) is 1. The Morgan fingerprint density at radius 3 is 2.57 bits per heavy atom. The average Bonchev–Trinajstić information content (AvgIpc) is 2.88. The van der Waals surface area contributed by atoms with E-state index >= 15 is 0 Å². The maximum absolute atomic E-state index is 13.4. The number of esters is 1. The van der Waals surface area contributed by atoms with Crippen LogP contribution in [0.15, 0.2) is 36.4 Å². The van der Waals surface area contributed by atoms with Crippen LogP contribution in [0.2, 0.25) is 0 Å². The molecule has 1 heterocycles. The van der Waals surface area contributed by atoms with Gasteiger partial charge in [-0.05, 0) is 38.1 Å². The lowest BCUT2D eigenvalue weighted by Gasteiger charge is -2.13. The molecule has 1 aromatic heterocycles. The molecule has 110 valence electrons. The van der Waals surface area contributed by atoms with Crippen LogP contribution in [0.4, 0.5) is 10.1 Å². The number of hydrogen-bond acceptors (Lipinski definition) is 4. The molecule has 0 aliphatic heterocycles. The van der Waals surface area contributed by atoms with Gasteiger partial charge in [0.1, 0.15) is 10.7 Å². The minimum absolute atomic E-state index is 0.0531. The maximum atomic E-state index is 13.4. The van der Waals surface area contributed by atoms with E-state index in [9.17, 15) is 14.0 Å². The molecule has 2 rings (SSSR count). The molecule has 21 heavy (non-hydrogen) atoms. The molecule has 0 aliphatic carbocycles. The van der Waals surface area contributed by atoms with Gasteiger partial charge in [-0.25, -0.2) is 9.18 Å². The molecule has 0 unspecified atom stereocenters. The predicted molar refractivity (Wildman–Crippen MR) is 79.0 cm³/mol. The van der Waals surface area contributed by atoms with Gasteiger partial charge in [0.25, 0.3) is 5.91 Å². The topological polar surface area (TPSA) is 55.4 Å². The Morgan fingerprint density at radius 1 is 1.24 bits per heavy atom. The summed E-state index contributed by atoms with van der Waals surface area (Å²) in [4.78, 5) is 25.1. The highest BCUT2D eigenvalue weighted by Crippen LogP contribution is 2.17. The first-order valence-corrected chi connectivity index (χ1v) is 7.12. The maximum Gasteiger partial charge on any atom is 0.349 e. The number of nitrogens with one attached hydrogen (secondary N) is 1. The van der Waals surface area contributed by atoms with E-state index in [2.05, 4.69) is 5.32 Å². The minimum atomic E-state index is -1.01. The highest BCUT2D eigenvalue weighted by atomic mass is 32.1. The lowest BCUT2D eigenvalue weighted by Crippen LogP contribution is -2.30. The van der Waals surface area contributed by atoms with Gasteiger partial charge in [0, 0.05) is 4.88 Å². The van der Waals surface area contributed by atoms with E-state index in [4.69, 9.17) is 4.74 Å². The number of para-hydroxylation sites is 1. The predicted octanol–water partition coefficient (Wildman–Crippen LogP) is 3.38. The van der Waals surface area contributed by atoms with Crippen molar-refractivity contribution >= 4 is 28.9 Å². The zero-order chi connectivity index (χ0) is 15.4. The highest BCUT2D eigenvalue weighted by molar-refractivity contribution is 7.13. The van der Waals surface area contributed by atoms with Crippen molar-refractivity contribution in [1.29, 1.82) is 0 Å². The van der Waals surface area contributed by atoms with Gasteiger partial charge < -0.3 is 10.1 Å². The molecular weight excluding hydrogens is 293 g/mol. The quantitative estimate of drug-likeness (QED) is 0.881. The van der Waals surface area contributed by atoms with Crippen molar-refractivity contribution in [3.8, 4) is 0 Å². The Labute approximate surface area is 125 Å². The molecule has 0 aliphatic rings. The first kappa shape index (κ1) is 15.2. The summed E-state index contributed by atoms with van der Waals surface area (Å²) in [6.07, 6.45) is -1.01. The first-order valence-electron chi connectivity index (χ1n) is 6.30. The molecule has 0 bridgehead atoms. The van der Waals surface area contributed by atoms with Crippen LogP contribution in [-0.4, -0.2) is 18.0 Å². The zero-order valence-electron chi connectivity index (χ0n) is 11.6. The van der Waals surface area contributed by atoms with Crippen LogP contribution in [0.3, 0.4) is 0 Å². The zero-order valence-corrected chi connectivity index (χ0v) is 12.4. The minimum Gasteiger partial charge on any atom is -0.448 e. The number of carbonyl (C=O) groups is 2. The number of rotatable bonds is 4. The molecule has 1 aromatic carbocycles. The van der Waals surface area contributed by atoms with Crippen molar-refractivity contribution in [2.24, 2.45) is 0 Å². The molecule has 0 spiro atoms. The van der Waals surface area contributed by atoms with E-state index in [1.807, 2.05) is 6.92 Å². The second-order valence-corrected chi connectivity index (χ2v) is 5.71. The number of hydrogen-bond donors (Lipinski definition) is 1. The monoisotopic (exact) mass is 307 g/mol. The number of anilines is 1. The van der Waals surface area contributed by atoms with Crippen molar-refractivity contribution in [3.05, 3.63) is 52.0 Å². The van der Waals surface area contributed by atoms with Gasteiger partial charge in [-0.3, -0.25) is 4.79 Å². The summed E-state index contributed by atoms with van der Waals surface area (Å²) in [7, 11) is 0. The van der Waals surface area contributed by atoms with E-state index in [0.717, 1.165) is 4.88 Å². The summed E-state index contributed by atoms with van der Waals surface area (Å²) >= 11 is 1.29. The van der Waals surface area contributed by atoms with Crippen molar-refractivity contribution in [1.82, 2.24) is 0 Å². The molecule has 4 nitrogen and oxygen atoms in total. The number of aryl methyl sites for hydroxylation is 1. The number of benzene rings is 1. The van der Waals surface area contributed by atoms with Crippen molar-refractivity contribution < 1.29 is 18.7 Å². The van der Waals surface area contributed by atoms with Gasteiger partial charge in [-0.2, -0.15) is 0 Å². The van der Waals surface area contributed by atoms with Gasteiger partial charge in [0.05, 0.1) is 5.69 Å². The summed E-state index contributed by atoms with van der Waals surface area (Å²) < 4.78 is 18.5. The molecular formula is C15H14FNO3S. The third-order valence-electron chi connectivity index (χ3n) is 2.73. The van der Waals surface area contributed by atoms with E-state index < -0.39 is 23.8 Å². The Kier molecular flexibility index (Phi) is 4.70. The molecule has 0 fully saturated rings. The average molecular weight is 307 g/mol. The fourth-order valence-electron chi connectivity index (χ4n) is 1.61. The van der Waals surface area contributed by atoms with Crippen LogP contribution in [-0.2, 0) is 9.53 Å². The Bertz CT molecular complexity index is 668. The second kappa shape index (κ2) is 6.49. The van der Waals surface area contributed by atoms with Gasteiger partial charge in [0.2, 0.25) is 0 Å². The van der Waals surface area contributed by atoms with Gasteiger partial charge in [0.15, 0.2) is 6.10 Å². The number of halogens is 1. The second-order valence-electron chi connectivity index (χ2n) is 4.43. The van der Waals surface area contributed by atoms with E-state index in [1.54, 1.807) is 18.2 Å². The lowest BCUT2D eigenvalue weighted by molar-refractivity contribution is -0.123. The molecule has 1 atom stereocenters. The van der Waals surface area contributed by atoms with Gasteiger partial charge in [-0.15, -0.1) is 11.3 Å². The molecule has 6 heteroatoms. The fraction of sp³-hybridized carbons (Fsp3) is 0.200. The molecule has 2 aromatic rings.